The van der Waals surface area contributed by atoms with E-state index in [9.17, 15) is 34.2 Å². The van der Waals surface area contributed by atoms with Gasteiger partial charge in [0.2, 0.25) is 23.6 Å². The third-order valence-corrected chi connectivity index (χ3v) is 6.15. The summed E-state index contributed by atoms with van der Waals surface area (Å²) >= 11 is 0. The first-order valence-electron chi connectivity index (χ1n) is 12.6. The molecule has 1 aromatic carbocycles. The van der Waals surface area contributed by atoms with Crippen molar-refractivity contribution in [1.82, 2.24) is 20.9 Å². The molecule has 14 nitrogen and oxygen atoms in total. The molecular formula is C25H37N7O7. The number of aromatic nitrogens is 1. The molecule has 0 spiro atoms. The minimum Gasteiger partial charge on any atom is -0.480 e. The largest absolute Gasteiger partial charge is 0.480 e. The number of hydrogen-bond acceptors (Lipinski definition) is 8. The molecule has 1 heterocycles. The highest BCUT2D eigenvalue weighted by Gasteiger charge is 2.30. The lowest BCUT2D eigenvalue weighted by atomic mass is 10.0. The van der Waals surface area contributed by atoms with Crippen molar-refractivity contribution in [3.8, 4) is 0 Å². The number of nitrogens with one attached hydrogen (secondary N) is 4. The van der Waals surface area contributed by atoms with Crippen LogP contribution in [-0.2, 0) is 30.4 Å². The number of primary amides is 1. The predicted octanol–water partition coefficient (Wildman–Crippen LogP) is -2.04. The van der Waals surface area contributed by atoms with Crippen molar-refractivity contribution in [3.05, 3.63) is 36.0 Å². The number of nitrogens with two attached hydrogens (primary N) is 3. The molecule has 214 valence electrons. The molecule has 0 aliphatic rings. The zero-order chi connectivity index (χ0) is 28.9. The first-order valence-corrected chi connectivity index (χ1v) is 12.6. The van der Waals surface area contributed by atoms with Crippen LogP contribution >= 0.6 is 0 Å². The molecule has 0 fully saturated rings. The number of benzene rings is 1. The molecular weight excluding hydrogens is 510 g/mol. The molecule has 4 unspecified atom stereocenters. The van der Waals surface area contributed by atoms with E-state index in [0.717, 1.165) is 10.9 Å². The number of para-hydroxylation sites is 1. The lowest BCUT2D eigenvalue weighted by molar-refractivity contribution is -0.142. The number of amides is 4. The number of aliphatic hydroxyl groups is 1. The smallest absolute Gasteiger partial charge is 0.326 e. The van der Waals surface area contributed by atoms with Crippen LogP contribution < -0.4 is 33.2 Å². The monoisotopic (exact) mass is 547 g/mol. The van der Waals surface area contributed by atoms with Crippen molar-refractivity contribution in [3.63, 3.8) is 0 Å². The van der Waals surface area contributed by atoms with Gasteiger partial charge in [0.05, 0.1) is 12.6 Å². The van der Waals surface area contributed by atoms with Gasteiger partial charge in [0.25, 0.3) is 0 Å². The lowest BCUT2D eigenvalue weighted by Gasteiger charge is -2.24. The SMILES string of the molecule is NCCCCC(N)C(=O)NC(CCC(N)=O)C(=O)NC(CO)C(=O)NC(Cc1c[nH]c2ccccc12)C(=O)O. The van der Waals surface area contributed by atoms with Crippen molar-refractivity contribution in [2.45, 2.75) is 62.7 Å². The van der Waals surface area contributed by atoms with Crippen LogP contribution in [0, 0.1) is 0 Å². The number of carboxylic acid groups (broad SMARTS) is 1. The first kappa shape index (κ1) is 31.2. The van der Waals surface area contributed by atoms with Crippen molar-refractivity contribution < 1.29 is 34.2 Å². The number of H-pyrrole nitrogens is 1. The topological polar surface area (TPSA) is 256 Å². The maximum atomic E-state index is 12.9. The Bertz CT molecular complexity index is 1150. The second-order valence-corrected chi connectivity index (χ2v) is 9.16. The van der Waals surface area contributed by atoms with E-state index in [1.54, 1.807) is 12.3 Å². The highest BCUT2D eigenvalue weighted by atomic mass is 16.4. The van der Waals surface area contributed by atoms with E-state index >= 15 is 0 Å². The molecule has 4 amide bonds. The van der Waals surface area contributed by atoms with Gasteiger partial charge in [-0.3, -0.25) is 19.2 Å². The summed E-state index contributed by atoms with van der Waals surface area (Å²) in [6.45, 7) is -0.417. The fourth-order valence-electron chi connectivity index (χ4n) is 3.93. The molecule has 4 atom stereocenters. The highest BCUT2D eigenvalue weighted by Crippen LogP contribution is 2.19. The number of hydrogen-bond donors (Lipinski definition) is 9. The Morgan fingerprint density at radius 3 is 2.18 bits per heavy atom. The van der Waals surface area contributed by atoms with Crippen LogP contribution in [-0.4, -0.2) is 82.1 Å². The summed E-state index contributed by atoms with van der Waals surface area (Å²) < 4.78 is 0. The number of aromatic amines is 1. The number of aliphatic carboxylic acids is 1. The molecule has 0 bridgehead atoms. The van der Waals surface area contributed by atoms with Crippen LogP contribution in [0.2, 0.25) is 0 Å². The molecule has 39 heavy (non-hydrogen) atoms. The molecule has 1 aromatic heterocycles. The van der Waals surface area contributed by atoms with E-state index in [-0.39, 0.29) is 19.3 Å². The third-order valence-electron chi connectivity index (χ3n) is 6.15. The van der Waals surface area contributed by atoms with Gasteiger partial charge in [0, 0.05) is 29.9 Å². The van der Waals surface area contributed by atoms with Gasteiger partial charge in [-0.15, -0.1) is 0 Å². The molecule has 2 aromatic rings. The minimum absolute atomic E-state index is 0.0590. The first-order chi connectivity index (χ1) is 18.6. The number of aliphatic hydroxyl groups excluding tert-OH is 1. The van der Waals surface area contributed by atoms with E-state index in [0.29, 0.717) is 31.4 Å². The van der Waals surface area contributed by atoms with Gasteiger partial charge in [-0.1, -0.05) is 24.6 Å². The summed E-state index contributed by atoms with van der Waals surface area (Å²) in [6, 6.07) is 2.14. The summed E-state index contributed by atoms with van der Waals surface area (Å²) in [5, 5.41) is 27.3. The molecule has 0 saturated heterocycles. The van der Waals surface area contributed by atoms with E-state index in [1.165, 1.54) is 0 Å². The van der Waals surface area contributed by atoms with Gasteiger partial charge >= 0.3 is 5.97 Å². The molecule has 2 rings (SSSR count). The zero-order valence-electron chi connectivity index (χ0n) is 21.5. The summed E-state index contributed by atoms with van der Waals surface area (Å²) in [5.41, 5.74) is 17.9. The van der Waals surface area contributed by atoms with Crippen LogP contribution in [0.4, 0.5) is 0 Å². The summed E-state index contributed by atoms with van der Waals surface area (Å²) in [7, 11) is 0. The maximum absolute atomic E-state index is 12.9. The highest BCUT2D eigenvalue weighted by molar-refractivity contribution is 5.94. The fourth-order valence-corrected chi connectivity index (χ4v) is 3.93. The molecule has 0 aliphatic carbocycles. The predicted molar refractivity (Wildman–Crippen MR) is 142 cm³/mol. The molecule has 14 heteroatoms. The van der Waals surface area contributed by atoms with Gasteiger partial charge < -0.3 is 48.3 Å². The molecule has 0 aliphatic heterocycles. The molecule has 0 radical (unpaired) electrons. The third kappa shape index (κ3) is 9.67. The number of fused-ring (bicyclic) bond motifs is 1. The number of carbonyl (C=O) groups is 5. The second-order valence-electron chi connectivity index (χ2n) is 9.16. The Balaban J connectivity index is 2.07. The minimum atomic E-state index is -1.53. The van der Waals surface area contributed by atoms with E-state index in [1.807, 2.05) is 18.2 Å². The average molecular weight is 548 g/mol. The van der Waals surface area contributed by atoms with Crippen LogP contribution in [0.15, 0.2) is 30.5 Å². The molecule has 0 saturated carbocycles. The van der Waals surface area contributed by atoms with Crippen molar-refractivity contribution >= 4 is 40.5 Å². The summed E-state index contributed by atoms with van der Waals surface area (Å²) in [5.74, 6) is -4.50. The maximum Gasteiger partial charge on any atom is 0.326 e. The Morgan fingerprint density at radius 1 is 0.897 bits per heavy atom. The summed E-state index contributed by atoms with van der Waals surface area (Å²) in [4.78, 5) is 64.4. The normalized spacial score (nSPS) is 14.1. The van der Waals surface area contributed by atoms with Crippen LogP contribution in [0.1, 0.15) is 37.7 Å². The van der Waals surface area contributed by atoms with Gasteiger partial charge in [0.1, 0.15) is 18.1 Å². The van der Waals surface area contributed by atoms with Gasteiger partial charge in [-0.25, -0.2) is 4.79 Å². The zero-order valence-corrected chi connectivity index (χ0v) is 21.5. The molecule has 12 N–H and O–H groups in total. The van der Waals surface area contributed by atoms with E-state index in [2.05, 4.69) is 20.9 Å². The average Bonchev–Trinajstić information content (AvgIpc) is 3.31. The Kier molecular flexibility index (Phi) is 12.3. The Hall–Kier alpha value is -4.01. The van der Waals surface area contributed by atoms with Gasteiger partial charge in [-0.2, -0.15) is 0 Å². The fraction of sp³-hybridized carbons (Fsp3) is 0.480. The quantitative estimate of drug-likeness (QED) is 0.0987. The standard InChI is InChI=1S/C25H37N7O7/c26-10-4-3-6-16(27)22(35)30-18(8-9-21(28)34)23(36)32-20(13-33)24(37)31-19(25(38)39)11-14-12-29-17-7-2-1-5-15(14)17/h1-2,5,7,12,16,18-20,29,33H,3-4,6,8-11,13,26-27H2,(H2,28,34)(H,30,35)(H,31,37)(H,32,36)(H,38,39). The number of carboxylic acids is 1. The van der Waals surface area contributed by atoms with E-state index < -0.39 is 60.4 Å². The summed E-state index contributed by atoms with van der Waals surface area (Å²) in [6.07, 6.45) is 2.74. The number of unbranched alkanes of at least 4 members (excludes halogenated alkanes) is 1. The van der Waals surface area contributed by atoms with Crippen molar-refractivity contribution in [2.24, 2.45) is 17.2 Å². The Morgan fingerprint density at radius 2 is 1.54 bits per heavy atom. The van der Waals surface area contributed by atoms with E-state index in [4.69, 9.17) is 17.2 Å². The van der Waals surface area contributed by atoms with Crippen molar-refractivity contribution in [2.75, 3.05) is 13.2 Å². The number of carbonyl (C=O) groups excluding carboxylic acids is 4. The van der Waals surface area contributed by atoms with Crippen molar-refractivity contribution in [1.29, 1.82) is 0 Å². The van der Waals surface area contributed by atoms with Crippen LogP contribution in [0.3, 0.4) is 0 Å². The van der Waals surface area contributed by atoms with Gasteiger partial charge in [0.15, 0.2) is 0 Å². The second kappa shape index (κ2) is 15.4. The number of rotatable bonds is 17. The van der Waals surface area contributed by atoms with Crippen LogP contribution in [0.25, 0.3) is 10.9 Å². The van der Waals surface area contributed by atoms with Gasteiger partial charge in [-0.05, 0) is 37.4 Å². The van der Waals surface area contributed by atoms with Crippen LogP contribution in [0.5, 0.6) is 0 Å². The Labute approximate surface area is 225 Å². The lowest BCUT2D eigenvalue weighted by Crippen LogP contribution is -2.58.